The Morgan fingerprint density at radius 2 is 1.62 bits per heavy atom. The van der Waals surface area contributed by atoms with Gasteiger partial charge in [-0.2, -0.15) is 0 Å². The van der Waals surface area contributed by atoms with Gasteiger partial charge in [-0.3, -0.25) is 4.79 Å². The van der Waals surface area contributed by atoms with Gasteiger partial charge in [-0.05, 0) is 42.9 Å². The molecule has 1 aliphatic carbocycles. The lowest BCUT2D eigenvalue weighted by Gasteiger charge is -2.29. The van der Waals surface area contributed by atoms with E-state index in [9.17, 15) is 4.79 Å². The van der Waals surface area contributed by atoms with Crippen molar-refractivity contribution in [3.05, 3.63) is 106 Å². The Balaban J connectivity index is 1.61. The molecule has 1 aromatic heterocycles. The maximum Gasteiger partial charge on any atom is 0.261 e. The van der Waals surface area contributed by atoms with Gasteiger partial charge in [-0.15, -0.1) is 11.3 Å². The maximum atomic E-state index is 12.6. The number of rotatable bonds is 6. The van der Waals surface area contributed by atoms with Crippen LogP contribution in [0.15, 0.2) is 96.3 Å². The van der Waals surface area contributed by atoms with Crippen LogP contribution < -0.4 is 15.9 Å². The van der Waals surface area contributed by atoms with Crippen LogP contribution in [0, 0.1) is 5.92 Å². The Morgan fingerprint density at radius 1 is 1.00 bits per heavy atom. The van der Waals surface area contributed by atoms with E-state index in [0.717, 1.165) is 0 Å². The predicted molar refractivity (Wildman–Crippen MR) is 126 cm³/mol. The number of nitrogens with one attached hydrogen (secondary N) is 1. The van der Waals surface area contributed by atoms with E-state index in [4.69, 9.17) is 11.6 Å². The second kappa shape index (κ2) is 9.09. The zero-order valence-electron chi connectivity index (χ0n) is 16.0. The molecule has 0 radical (unpaired) electrons. The topological polar surface area (TPSA) is 29.1 Å². The second-order valence-electron chi connectivity index (χ2n) is 6.87. The fourth-order valence-electron chi connectivity index (χ4n) is 3.54. The third kappa shape index (κ3) is 4.53. The van der Waals surface area contributed by atoms with Gasteiger partial charge >= 0.3 is 0 Å². The third-order valence-corrected chi connectivity index (χ3v) is 8.73. The minimum absolute atomic E-state index is 0.0224. The standard InChI is InChI=1S/C24H21ClNOPS/c1-17(26-24(27)22-15-16-23(25)29-22)20-13-8-14-21(20)28(18-9-4-2-5-10-18)19-11-6-3-7-12-19/h2-17,20H,1H3,(H,26,27)/t17-,20?/m1/s1. The Labute approximate surface area is 181 Å². The summed E-state index contributed by atoms with van der Waals surface area (Å²) in [5.41, 5.74) is 0. The summed E-state index contributed by atoms with van der Waals surface area (Å²) in [6.45, 7) is 2.07. The summed E-state index contributed by atoms with van der Waals surface area (Å²) in [6.07, 6.45) is 6.54. The highest BCUT2D eigenvalue weighted by molar-refractivity contribution is 7.76. The Hall–Kier alpha value is -2.19. The van der Waals surface area contributed by atoms with Gasteiger partial charge in [-0.25, -0.2) is 0 Å². The van der Waals surface area contributed by atoms with E-state index in [-0.39, 0.29) is 17.9 Å². The van der Waals surface area contributed by atoms with E-state index in [1.807, 2.05) is 0 Å². The lowest BCUT2D eigenvalue weighted by molar-refractivity contribution is 0.0939. The van der Waals surface area contributed by atoms with Gasteiger partial charge in [0, 0.05) is 12.0 Å². The van der Waals surface area contributed by atoms with Crippen molar-refractivity contribution in [2.45, 2.75) is 13.0 Å². The average molecular weight is 438 g/mol. The zero-order chi connectivity index (χ0) is 20.2. The minimum Gasteiger partial charge on any atom is -0.348 e. The molecule has 0 bridgehead atoms. The molecule has 2 atom stereocenters. The first-order chi connectivity index (χ1) is 14.1. The molecule has 2 aromatic carbocycles. The van der Waals surface area contributed by atoms with E-state index in [0.29, 0.717) is 9.21 Å². The number of hydrogen-bond acceptors (Lipinski definition) is 2. The van der Waals surface area contributed by atoms with Crippen molar-refractivity contribution >= 4 is 47.4 Å². The largest absolute Gasteiger partial charge is 0.348 e. The van der Waals surface area contributed by atoms with Gasteiger partial charge in [0.15, 0.2) is 0 Å². The van der Waals surface area contributed by atoms with E-state index in [1.165, 1.54) is 27.3 Å². The van der Waals surface area contributed by atoms with Crippen LogP contribution in [0.5, 0.6) is 0 Å². The first-order valence-corrected chi connectivity index (χ1v) is 12.0. The van der Waals surface area contributed by atoms with E-state index in [2.05, 4.69) is 91.1 Å². The molecule has 4 rings (SSSR count). The lowest BCUT2D eigenvalue weighted by Crippen LogP contribution is -2.37. The Bertz CT molecular complexity index is 1010. The summed E-state index contributed by atoms with van der Waals surface area (Å²) in [7, 11) is -0.670. The summed E-state index contributed by atoms with van der Waals surface area (Å²) < 4.78 is 0.626. The highest BCUT2D eigenvalue weighted by atomic mass is 35.5. The first-order valence-electron chi connectivity index (χ1n) is 9.48. The third-order valence-electron chi connectivity index (χ3n) is 4.91. The van der Waals surface area contributed by atoms with Gasteiger partial charge in [0.2, 0.25) is 0 Å². The molecule has 29 heavy (non-hydrogen) atoms. The van der Waals surface area contributed by atoms with Crippen LogP contribution in [0.2, 0.25) is 4.34 Å². The molecule has 0 saturated heterocycles. The molecular weight excluding hydrogens is 417 g/mol. The van der Waals surface area contributed by atoms with Crippen molar-refractivity contribution in [2.24, 2.45) is 5.92 Å². The van der Waals surface area contributed by atoms with Gasteiger partial charge in [0.25, 0.3) is 5.91 Å². The molecule has 2 nitrogen and oxygen atoms in total. The van der Waals surface area contributed by atoms with Gasteiger partial charge in [0.1, 0.15) is 0 Å². The number of amides is 1. The van der Waals surface area contributed by atoms with Crippen molar-refractivity contribution in [1.82, 2.24) is 5.32 Å². The van der Waals surface area contributed by atoms with Gasteiger partial charge in [0.05, 0.1) is 9.21 Å². The van der Waals surface area contributed by atoms with E-state index in [1.54, 1.807) is 12.1 Å². The second-order valence-corrected chi connectivity index (χ2v) is 10.8. The molecule has 0 fully saturated rings. The van der Waals surface area contributed by atoms with Crippen LogP contribution in [0.4, 0.5) is 0 Å². The number of hydrogen-bond donors (Lipinski definition) is 1. The number of thiophene rings is 1. The van der Waals surface area contributed by atoms with Gasteiger partial charge < -0.3 is 5.32 Å². The molecule has 1 aliphatic rings. The molecule has 146 valence electrons. The van der Waals surface area contributed by atoms with E-state index < -0.39 is 7.92 Å². The fourth-order valence-corrected chi connectivity index (χ4v) is 7.16. The SMILES string of the molecule is C[C@@H](NC(=O)c1ccc(Cl)s1)C1C=CC=C1P(c1ccccc1)c1ccccc1. The number of halogens is 1. The molecule has 0 spiro atoms. The smallest absolute Gasteiger partial charge is 0.261 e. The lowest BCUT2D eigenvalue weighted by atomic mass is 10.0. The highest BCUT2D eigenvalue weighted by Gasteiger charge is 2.30. The van der Waals surface area contributed by atoms with Crippen molar-refractivity contribution in [1.29, 1.82) is 0 Å². The summed E-state index contributed by atoms with van der Waals surface area (Å²) in [4.78, 5) is 13.3. The highest BCUT2D eigenvalue weighted by Crippen LogP contribution is 2.49. The summed E-state index contributed by atoms with van der Waals surface area (Å²) in [5.74, 6) is 0.0821. The number of allylic oxidation sites excluding steroid dienone is 2. The molecular formula is C24H21ClNOPS. The van der Waals surface area contributed by atoms with Crippen molar-refractivity contribution in [2.75, 3.05) is 0 Å². The van der Waals surface area contributed by atoms with Crippen molar-refractivity contribution in [3.63, 3.8) is 0 Å². The molecule has 1 heterocycles. The molecule has 1 amide bonds. The quantitative estimate of drug-likeness (QED) is 0.491. The molecule has 1 N–H and O–H groups in total. The average Bonchev–Trinajstić information content (AvgIpc) is 3.39. The van der Waals surface area contributed by atoms with Crippen LogP contribution in [0.3, 0.4) is 0 Å². The number of carbonyl (C=O) groups is 1. The monoisotopic (exact) mass is 437 g/mol. The molecule has 3 aromatic rings. The van der Waals surface area contributed by atoms with Crippen LogP contribution in [-0.4, -0.2) is 11.9 Å². The molecule has 1 unspecified atom stereocenters. The molecule has 0 aliphatic heterocycles. The molecule has 5 heteroatoms. The Morgan fingerprint density at radius 3 is 2.17 bits per heavy atom. The van der Waals surface area contributed by atoms with Gasteiger partial charge in [-0.1, -0.05) is 90.5 Å². The first kappa shape index (κ1) is 20.1. The fraction of sp³-hybridized carbons (Fsp3) is 0.125. The summed E-state index contributed by atoms with van der Waals surface area (Å²) >= 11 is 7.30. The van der Waals surface area contributed by atoms with Crippen molar-refractivity contribution < 1.29 is 4.79 Å². The molecule has 0 saturated carbocycles. The summed E-state index contributed by atoms with van der Waals surface area (Å²) in [5, 5.41) is 7.16. The van der Waals surface area contributed by atoms with Crippen molar-refractivity contribution in [3.8, 4) is 0 Å². The minimum atomic E-state index is -0.670. The number of carbonyl (C=O) groups excluding carboxylic acids is 1. The predicted octanol–water partition coefficient (Wildman–Crippen LogP) is 5.72. The summed E-state index contributed by atoms with van der Waals surface area (Å²) in [6, 6.07) is 24.8. The van der Waals surface area contributed by atoms with Crippen LogP contribution >= 0.6 is 30.9 Å². The zero-order valence-corrected chi connectivity index (χ0v) is 18.4. The number of benzene rings is 2. The van der Waals surface area contributed by atoms with Crippen LogP contribution in [0.1, 0.15) is 16.6 Å². The maximum absolute atomic E-state index is 12.6. The van der Waals surface area contributed by atoms with Crippen LogP contribution in [0.25, 0.3) is 0 Å². The Kier molecular flexibility index (Phi) is 6.30. The van der Waals surface area contributed by atoms with E-state index >= 15 is 0 Å². The van der Waals surface area contributed by atoms with Crippen LogP contribution in [-0.2, 0) is 0 Å². The normalized spacial score (nSPS) is 16.7.